The summed E-state index contributed by atoms with van der Waals surface area (Å²) in [5, 5.41) is 13.0. The third kappa shape index (κ3) is 2.46. The summed E-state index contributed by atoms with van der Waals surface area (Å²) in [6.45, 7) is 1.31. The number of hydrogen-bond acceptors (Lipinski definition) is 3. The van der Waals surface area contributed by atoms with Crippen LogP contribution in [0.1, 0.15) is 42.2 Å². The van der Waals surface area contributed by atoms with Crippen molar-refractivity contribution >= 4 is 27.3 Å². The summed E-state index contributed by atoms with van der Waals surface area (Å²) < 4.78 is 1.25. The number of hydrogen-bond donors (Lipinski definition) is 2. The Morgan fingerprint density at radius 3 is 3.06 bits per heavy atom. The van der Waals surface area contributed by atoms with E-state index >= 15 is 0 Å². The van der Waals surface area contributed by atoms with E-state index in [1.54, 1.807) is 0 Å². The summed E-state index contributed by atoms with van der Waals surface area (Å²) >= 11 is 5.46. The molecule has 0 spiro atoms. The molecule has 0 aliphatic heterocycles. The summed E-state index contributed by atoms with van der Waals surface area (Å²) in [4.78, 5) is 1.54. The topological polar surface area (TPSA) is 32.3 Å². The monoisotopic (exact) mass is 315 g/mol. The number of thiophene rings is 1. The highest BCUT2D eigenvalue weighted by molar-refractivity contribution is 9.11. The zero-order valence-electron chi connectivity index (χ0n) is 9.84. The molecule has 1 atom stereocenters. The lowest BCUT2D eigenvalue weighted by Gasteiger charge is -2.25. The fraction of sp³-hybridized carbons (Fsp3) is 0.692. The largest absolute Gasteiger partial charge is 0.396 e. The zero-order chi connectivity index (χ0) is 11.9. The van der Waals surface area contributed by atoms with Crippen LogP contribution in [0.5, 0.6) is 0 Å². The molecule has 94 valence electrons. The summed E-state index contributed by atoms with van der Waals surface area (Å²) in [6.07, 6.45) is 6.11. The van der Waals surface area contributed by atoms with E-state index in [0.717, 1.165) is 6.54 Å². The predicted molar refractivity (Wildman–Crippen MR) is 74.5 cm³/mol. The highest BCUT2D eigenvalue weighted by Crippen LogP contribution is 2.45. The third-order valence-corrected chi connectivity index (χ3v) is 5.81. The molecular weight excluding hydrogens is 298 g/mol. The molecule has 4 heteroatoms. The first-order valence-corrected chi connectivity index (χ1v) is 7.96. The van der Waals surface area contributed by atoms with Crippen LogP contribution in [0.2, 0.25) is 0 Å². The van der Waals surface area contributed by atoms with E-state index in [0.29, 0.717) is 12.6 Å². The fourth-order valence-corrected chi connectivity index (χ4v) is 4.46. The van der Waals surface area contributed by atoms with Gasteiger partial charge in [-0.15, -0.1) is 11.3 Å². The van der Waals surface area contributed by atoms with Crippen LogP contribution < -0.4 is 5.32 Å². The first-order valence-electron chi connectivity index (χ1n) is 6.35. The van der Waals surface area contributed by atoms with Gasteiger partial charge in [-0.3, -0.25) is 0 Å². The zero-order valence-corrected chi connectivity index (χ0v) is 12.2. The van der Waals surface area contributed by atoms with Gasteiger partial charge in [-0.1, -0.05) is 0 Å². The van der Waals surface area contributed by atoms with Crippen molar-refractivity contribution in [3.8, 4) is 0 Å². The maximum absolute atomic E-state index is 9.34. The van der Waals surface area contributed by atoms with Crippen molar-refractivity contribution in [2.45, 2.75) is 38.1 Å². The Kier molecular flexibility index (Phi) is 3.32. The molecule has 1 fully saturated rings. The molecule has 17 heavy (non-hydrogen) atoms. The first-order chi connectivity index (χ1) is 8.22. The molecule has 0 bridgehead atoms. The quantitative estimate of drug-likeness (QED) is 0.894. The van der Waals surface area contributed by atoms with Gasteiger partial charge in [0.15, 0.2) is 0 Å². The Bertz CT molecular complexity index is 414. The summed E-state index contributed by atoms with van der Waals surface area (Å²) in [6, 6.07) is 2.78. The minimum atomic E-state index is 0.213. The lowest BCUT2D eigenvalue weighted by molar-refractivity contribution is 0.202. The Hall–Kier alpha value is 0.100. The number of rotatable bonds is 4. The van der Waals surface area contributed by atoms with Crippen molar-refractivity contribution in [1.29, 1.82) is 0 Å². The van der Waals surface area contributed by atoms with Gasteiger partial charge in [-0.05, 0) is 59.7 Å². The molecule has 1 aromatic rings. The summed E-state index contributed by atoms with van der Waals surface area (Å²) in [7, 11) is 0. The van der Waals surface area contributed by atoms with Crippen LogP contribution in [-0.2, 0) is 6.42 Å². The lowest BCUT2D eigenvalue weighted by atomic mass is 9.93. The van der Waals surface area contributed by atoms with Gasteiger partial charge in [0, 0.05) is 29.5 Å². The molecule has 2 aliphatic carbocycles. The van der Waals surface area contributed by atoms with E-state index in [1.165, 1.54) is 46.3 Å². The van der Waals surface area contributed by atoms with Crippen molar-refractivity contribution in [1.82, 2.24) is 5.32 Å². The highest BCUT2D eigenvalue weighted by Gasteiger charge is 2.42. The van der Waals surface area contributed by atoms with E-state index in [-0.39, 0.29) is 5.41 Å². The summed E-state index contributed by atoms with van der Waals surface area (Å²) in [5.74, 6) is 0. The van der Waals surface area contributed by atoms with Crippen molar-refractivity contribution in [2.75, 3.05) is 13.2 Å². The molecule has 3 rings (SSSR count). The summed E-state index contributed by atoms with van der Waals surface area (Å²) in [5.41, 5.74) is 1.70. The van der Waals surface area contributed by atoms with Crippen molar-refractivity contribution in [2.24, 2.45) is 5.41 Å². The van der Waals surface area contributed by atoms with Gasteiger partial charge in [0.25, 0.3) is 0 Å². The highest BCUT2D eigenvalue weighted by atomic mass is 79.9. The second kappa shape index (κ2) is 4.65. The standard InChI is InChI=1S/C13H18BrNOS/c14-12-6-9-10(2-1-3-11(9)17-12)15-7-13(8-16)4-5-13/h6,10,15-16H,1-5,7-8H2. The van der Waals surface area contributed by atoms with Gasteiger partial charge >= 0.3 is 0 Å². The van der Waals surface area contributed by atoms with Crippen molar-refractivity contribution < 1.29 is 5.11 Å². The number of aliphatic hydroxyl groups is 1. The van der Waals surface area contributed by atoms with Crippen LogP contribution in [-0.4, -0.2) is 18.3 Å². The SMILES string of the molecule is OCC1(CNC2CCCc3sc(Br)cc32)CC1. The Labute approximate surface area is 115 Å². The molecule has 0 amide bonds. The van der Waals surface area contributed by atoms with Gasteiger partial charge in [-0.2, -0.15) is 0 Å². The molecular formula is C13H18BrNOS. The molecule has 1 aromatic heterocycles. The van der Waals surface area contributed by atoms with E-state index in [1.807, 2.05) is 11.3 Å². The van der Waals surface area contributed by atoms with Gasteiger partial charge in [-0.25, -0.2) is 0 Å². The van der Waals surface area contributed by atoms with Crippen LogP contribution in [0.25, 0.3) is 0 Å². The fourth-order valence-electron chi connectivity index (χ4n) is 2.64. The first kappa shape index (κ1) is 12.2. The van der Waals surface area contributed by atoms with E-state index in [9.17, 15) is 5.11 Å². The molecule has 2 nitrogen and oxygen atoms in total. The molecule has 0 radical (unpaired) electrons. The van der Waals surface area contributed by atoms with Crippen molar-refractivity contribution in [3.63, 3.8) is 0 Å². The molecule has 1 heterocycles. The van der Waals surface area contributed by atoms with Crippen LogP contribution in [0.15, 0.2) is 9.85 Å². The lowest BCUT2D eigenvalue weighted by Crippen LogP contribution is -2.31. The number of nitrogens with one attached hydrogen (secondary N) is 1. The van der Waals surface area contributed by atoms with Gasteiger partial charge in [0.2, 0.25) is 0 Å². The molecule has 1 saturated carbocycles. The van der Waals surface area contributed by atoms with Gasteiger partial charge in [0.05, 0.1) is 3.79 Å². The van der Waals surface area contributed by atoms with Gasteiger partial charge in [0.1, 0.15) is 0 Å². The van der Waals surface area contributed by atoms with E-state index < -0.39 is 0 Å². The number of aryl methyl sites for hydroxylation is 1. The minimum Gasteiger partial charge on any atom is -0.396 e. The third-order valence-electron chi connectivity index (χ3n) is 4.10. The van der Waals surface area contributed by atoms with Crippen LogP contribution >= 0.6 is 27.3 Å². The normalized spacial score (nSPS) is 25.6. The molecule has 2 N–H and O–H groups in total. The van der Waals surface area contributed by atoms with Gasteiger partial charge < -0.3 is 10.4 Å². The number of aliphatic hydroxyl groups excluding tert-OH is 1. The molecule has 2 aliphatic rings. The van der Waals surface area contributed by atoms with Crippen LogP contribution in [0.3, 0.4) is 0 Å². The average Bonchev–Trinajstić information content (AvgIpc) is 3.01. The Balaban J connectivity index is 1.68. The molecule has 0 saturated heterocycles. The Morgan fingerprint density at radius 1 is 1.53 bits per heavy atom. The average molecular weight is 316 g/mol. The van der Waals surface area contributed by atoms with Crippen molar-refractivity contribution in [3.05, 3.63) is 20.3 Å². The van der Waals surface area contributed by atoms with E-state index in [4.69, 9.17) is 0 Å². The van der Waals surface area contributed by atoms with E-state index in [2.05, 4.69) is 27.3 Å². The maximum Gasteiger partial charge on any atom is 0.0704 e. The van der Waals surface area contributed by atoms with Crippen LogP contribution in [0.4, 0.5) is 0 Å². The predicted octanol–water partition coefficient (Wildman–Crippen LogP) is 3.25. The smallest absolute Gasteiger partial charge is 0.0704 e. The maximum atomic E-state index is 9.34. The minimum absolute atomic E-state index is 0.213. The second-order valence-electron chi connectivity index (χ2n) is 5.41. The molecule has 0 aromatic carbocycles. The number of halogens is 1. The second-order valence-corrected chi connectivity index (χ2v) is 7.93. The number of fused-ring (bicyclic) bond motifs is 1. The Morgan fingerprint density at radius 2 is 2.35 bits per heavy atom. The molecule has 1 unspecified atom stereocenters. The van der Waals surface area contributed by atoms with Crippen LogP contribution in [0, 0.1) is 5.41 Å².